The summed E-state index contributed by atoms with van der Waals surface area (Å²) in [7, 11) is 0. The molecule has 134 valence electrons. The Hall–Kier alpha value is -0.630. The van der Waals surface area contributed by atoms with Gasteiger partial charge in [-0.05, 0) is 74.0 Å². The first-order valence-electron chi connectivity index (χ1n) is 10.2. The first-order chi connectivity index (χ1) is 11.3. The summed E-state index contributed by atoms with van der Waals surface area (Å²) in [6.45, 7) is 9.19. The molecule has 2 heteroatoms. The van der Waals surface area contributed by atoms with E-state index in [0.29, 0.717) is 23.5 Å². The van der Waals surface area contributed by atoms with E-state index in [0.717, 1.165) is 44.4 Å². The predicted octanol–water partition coefficient (Wildman–Crippen LogP) is 4.76. The van der Waals surface area contributed by atoms with E-state index in [1.165, 1.54) is 12.0 Å². The Morgan fingerprint density at radius 1 is 1.12 bits per heavy atom. The van der Waals surface area contributed by atoms with E-state index in [1.807, 2.05) is 0 Å². The van der Waals surface area contributed by atoms with Gasteiger partial charge in [-0.15, -0.1) is 0 Å². The lowest BCUT2D eigenvalue weighted by Crippen LogP contribution is -2.50. The van der Waals surface area contributed by atoms with Crippen molar-refractivity contribution in [3.8, 4) is 0 Å². The van der Waals surface area contributed by atoms with Crippen LogP contribution in [0.5, 0.6) is 0 Å². The summed E-state index contributed by atoms with van der Waals surface area (Å²) >= 11 is 0. The van der Waals surface area contributed by atoms with Crippen molar-refractivity contribution in [2.24, 2.45) is 40.4 Å². The molecule has 0 aromatic rings. The van der Waals surface area contributed by atoms with E-state index in [4.69, 9.17) is 0 Å². The molecule has 4 aliphatic rings. The highest BCUT2D eigenvalue weighted by molar-refractivity contribution is 5.89. The zero-order valence-electron chi connectivity index (χ0n) is 15.8. The molecule has 1 N–H and O–H groups in total. The van der Waals surface area contributed by atoms with Crippen LogP contribution in [0.25, 0.3) is 0 Å². The lowest BCUT2D eigenvalue weighted by molar-refractivity contribution is -0.135. The zero-order chi connectivity index (χ0) is 17.3. The van der Waals surface area contributed by atoms with E-state index >= 15 is 0 Å². The van der Waals surface area contributed by atoms with E-state index < -0.39 is 0 Å². The molecule has 4 rings (SSSR count). The van der Waals surface area contributed by atoms with Gasteiger partial charge in [0.05, 0.1) is 6.10 Å². The van der Waals surface area contributed by atoms with Gasteiger partial charge in [0.15, 0.2) is 0 Å². The molecule has 0 heterocycles. The maximum atomic E-state index is 13.1. The number of aliphatic hydroxyl groups excluding tert-OH is 1. The molecule has 0 amide bonds. The maximum Gasteiger partial charge on any atom is 0.142 e. The molecular formula is C22H34O2. The van der Waals surface area contributed by atoms with Gasteiger partial charge in [-0.2, -0.15) is 0 Å². The molecule has 2 nitrogen and oxygen atoms in total. The van der Waals surface area contributed by atoms with E-state index in [-0.39, 0.29) is 22.9 Å². The van der Waals surface area contributed by atoms with E-state index in [1.54, 1.807) is 0 Å². The second kappa shape index (κ2) is 5.43. The second-order valence-electron chi connectivity index (χ2n) is 10.1. The van der Waals surface area contributed by atoms with Crippen molar-refractivity contribution in [1.82, 2.24) is 0 Å². The number of aliphatic hydroxyl groups is 1. The zero-order valence-corrected chi connectivity index (χ0v) is 15.8. The van der Waals surface area contributed by atoms with E-state index in [9.17, 15) is 9.90 Å². The third-order valence-corrected chi connectivity index (χ3v) is 8.68. The molecule has 3 fully saturated rings. The molecule has 0 bridgehead atoms. The van der Waals surface area contributed by atoms with Crippen LogP contribution in [0.2, 0.25) is 0 Å². The normalized spacial score (nSPS) is 51.0. The van der Waals surface area contributed by atoms with Crippen LogP contribution >= 0.6 is 0 Å². The van der Waals surface area contributed by atoms with Gasteiger partial charge in [0.1, 0.15) is 5.78 Å². The van der Waals surface area contributed by atoms with Crippen LogP contribution in [0.15, 0.2) is 11.6 Å². The predicted molar refractivity (Wildman–Crippen MR) is 96.4 cm³/mol. The topological polar surface area (TPSA) is 37.3 Å². The number of hydrogen-bond acceptors (Lipinski definition) is 2. The fraction of sp³-hybridized carbons (Fsp3) is 0.864. The Labute approximate surface area is 147 Å². The number of allylic oxidation sites excluding steroid dienone is 1. The average Bonchev–Trinajstić information content (AvgIpc) is 2.80. The van der Waals surface area contributed by atoms with Gasteiger partial charge in [-0.1, -0.05) is 39.3 Å². The first-order valence-corrected chi connectivity index (χ1v) is 10.2. The Morgan fingerprint density at radius 3 is 2.54 bits per heavy atom. The Bertz CT molecular complexity index is 577. The van der Waals surface area contributed by atoms with Crippen LogP contribution < -0.4 is 0 Å². The van der Waals surface area contributed by atoms with Gasteiger partial charge in [0.2, 0.25) is 0 Å². The van der Waals surface area contributed by atoms with Gasteiger partial charge in [0.25, 0.3) is 0 Å². The molecule has 0 aromatic heterocycles. The van der Waals surface area contributed by atoms with E-state index in [2.05, 4.69) is 33.8 Å². The molecule has 2 unspecified atom stereocenters. The summed E-state index contributed by atoms with van der Waals surface area (Å²) in [5.41, 5.74) is 1.74. The van der Waals surface area contributed by atoms with Gasteiger partial charge in [0, 0.05) is 11.3 Å². The molecule has 3 saturated carbocycles. The molecule has 0 aromatic carbocycles. The van der Waals surface area contributed by atoms with Crippen LogP contribution in [0.4, 0.5) is 0 Å². The number of ketones is 1. The van der Waals surface area contributed by atoms with Gasteiger partial charge in [-0.3, -0.25) is 4.79 Å². The average molecular weight is 331 g/mol. The van der Waals surface area contributed by atoms with Crippen LogP contribution in [0.3, 0.4) is 0 Å². The molecule has 0 saturated heterocycles. The van der Waals surface area contributed by atoms with Gasteiger partial charge >= 0.3 is 0 Å². The molecule has 4 aliphatic carbocycles. The van der Waals surface area contributed by atoms with Crippen molar-refractivity contribution >= 4 is 5.78 Å². The molecule has 0 radical (unpaired) electrons. The number of fused-ring (bicyclic) bond motifs is 5. The fourth-order valence-electron chi connectivity index (χ4n) is 7.08. The lowest BCUT2D eigenvalue weighted by Gasteiger charge is -2.56. The van der Waals surface area contributed by atoms with Crippen molar-refractivity contribution in [3.05, 3.63) is 11.6 Å². The number of rotatable bonds is 1. The smallest absolute Gasteiger partial charge is 0.142 e. The highest BCUT2D eigenvalue weighted by atomic mass is 16.3. The summed E-state index contributed by atoms with van der Waals surface area (Å²) in [6.07, 6.45) is 9.85. The van der Waals surface area contributed by atoms with Gasteiger partial charge in [-0.25, -0.2) is 0 Å². The summed E-state index contributed by atoms with van der Waals surface area (Å²) in [6, 6.07) is 0. The first kappa shape index (κ1) is 16.8. The summed E-state index contributed by atoms with van der Waals surface area (Å²) in [4.78, 5) is 13.1. The highest BCUT2D eigenvalue weighted by Crippen LogP contribution is 2.65. The second-order valence-corrected chi connectivity index (χ2v) is 10.1. The quantitative estimate of drug-likeness (QED) is 0.704. The SMILES string of the molecule is CC(C)C1C[C@H]2[C@@H]3CC=C4CC(O)CC[C@]4(C)[C@@H]3CC[C@]2(C)C1=O. The molecule has 0 aliphatic heterocycles. The lowest BCUT2D eigenvalue weighted by atomic mass is 9.48. The summed E-state index contributed by atoms with van der Waals surface area (Å²) in [5.74, 6) is 3.32. The number of Topliss-reactive ketones (excluding diaryl/α,β-unsaturated/α-hetero) is 1. The van der Waals surface area contributed by atoms with Crippen molar-refractivity contribution in [2.75, 3.05) is 0 Å². The minimum Gasteiger partial charge on any atom is -0.393 e. The Morgan fingerprint density at radius 2 is 1.83 bits per heavy atom. The third-order valence-electron chi connectivity index (χ3n) is 8.68. The minimum atomic E-state index is -0.131. The van der Waals surface area contributed by atoms with Crippen LogP contribution in [-0.4, -0.2) is 17.0 Å². The summed E-state index contributed by atoms with van der Waals surface area (Å²) < 4.78 is 0. The number of carbonyl (C=O) groups excluding carboxylic acids is 1. The molecule has 0 spiro atoms. The van der Waals surface area contributed by atoms with Crippen LogP contribution in [-0.2, 0) is 4.79 Å². The van der Waals surface area contributed by atoms with Gasteiger partial charge < -0.3 is 5.11 Å². The molecule has 24 heavy (non-hydrogen) atoms. The van der Waals surface area contributed by atoms with Crippen molar-refractivity contribution in [2.45, 2.75) is 78.7 Å². The van der Waals surface area contributed by atoms with Crippen molar-refractivity contribution in [3.63, 3.8) is 0 Å². The molecule has 7 atom stereocenters. The van der Waals surface area contributed by atoms with Crippen LogP contribution in [0.1, 0.15) is 72.6 Å². The Balaban J connectivity index is 1.68. The number of hydrogen-bond donors (Lipinski definition) is 1. The van der Waals surface area contributed by atoms with Crippen LogP contribution in [0, 0.1) is 40.4 Å². The fourth-order valence-corrected chi connectivity index (χ4v) is 7.08. The largest absolute Gasteiger partial charge is 0.393 e. The number of carbonyl (C=O) groups is 1. The Kier molecular flexibility index (Phi) is 3.81. The standard InChI is InChI=1S/C22H34O2/c1-13(2)17-12-19-16-6-5-14-11-15(23)7-9-21(14,3)18(16)8-10-22(19,4)20(17)24/h5,13,15-19,23H,6-12H2,1-4H3/t15?,16-,17?,18-,19+,21+,22+/m1/s1. The highest BCUT2D eigenvalue weighted by Gasteiger charge is 2.61. The maximum absolute atomic E-state index is 13.1. The monoisotopic (exact) mass is 330 g/mol. The third kappa shape index (κ3) is 2.14. The van der Waals surface area contributed by atoms with Crippen molar-refractivity contribution < 1.29 is 9.90 Å². The summed E-state index contributed by atoms with van der Waals surface area (Å²) in [5, 5.41) is 10.1. The van der Waals surface area contributed by atoms with Crippen molar-refractivity contribution in [1.29, 1.82) is 0 Å². The molecular weight excluding hydrogens is 296 g/mol. The minimum absolute atomic E-state index is 0.0635.